The van der Waals surface area contributed by atoms with Crippen LogP contribution in [-0.2, 0) is 0 Å². The van der Waals surface area contributed by atoms with Crippen molar-refractivity contribution in [2.24, 2.45) is 0 Å². The summed E-state index contributed by atoms with van der Waals surface area (Å²) < 4.78 is 20.4. The Balaban J connectivity index is 2.53. The molecular formula is C12H12N2O6. The first-order chi connectivity index (χ1) is 9.60. The largest absolute Gasteiger partial charge is 0.493 e. The van der Waals surface area contributed by atoms with Crippen LogP contribution < -0.4 is 14.2 Å². The lowest BCUT2D eigenvalue weighted by Crippen LogP contribution is -1.98. The molecule has 0 aliphatic heterocycles. The predicted molar refractivity (Wildman–Crippen MR) is 66.3 cm³/mol. The molecule has 2 aromatic rings. The molecule has 2 rings (SSSR count). The van der Waals surface area contributed by atoms with E-state index in [0.717, 1.165) is 0 Å². The van der Waals surface area contributed by atoms with Crippen LogP contribution >= 0.6 is 0 Å². The molecule has 0 unspecified atom stereocenters. The molecular weight excluding hydrogens is 268 g/mol. The normalized spacial score (nSPS) is 10.2. The van der Waals surface area contributed by atoms with Crippen molar-refractivity contribution in [1.29, 1.82) is 0 Å². The molecule has 0 saturated carbocycles. The van der Waals surface area contributed by atoms with Crippen LogP contribution in [0, 0.1) is 0 Å². The van der Waals surface area contributed by atoms with Crippen molar-refractivity contribution in [2.45, 2.75) is 0 Å². The van der Waals surface area contributed by atoms with Gasteiger partial charge < -0.3 is 23.8 Å². The summed E-state index contributed by atoms with van der Waals surface area (Å²) in [6.45, 7) is 0. The summed E-state index contributed by atoms with van der Waals surface area (Å²) in [6, 6.07) is 3.17. The van der Waals surface area contributed by atoms with Crippen molar-refractivity contribution in [2.75, 3.05) is 21.3 Å². The molecule has 0 radical (unpaired) electrons. The third-order valence-electron chi connectivity index (χ3n) is 2.53. The molecule has 0 atom stereocenters. The SMILES string of the molecule is COc1cc(-c2nc(C(=O)O)no2)cc(OC)c1OC. The molecule has 0 spiro atoms. The summed E-state index contributed by atoms with van der Waals surface area (Å²) in [7, 11) is 4.42. The van der Waals surface area contributed by atoms with E-state index in [0.29, 0.717) is 22.8 Å². The van der Waals surface area contributed by atoms with Gasteiger partial charge in [-0.05, 0) is 17.3 Å². The highest BCUT2D eigenvalue weighted by Crippen LogP contribution is 2.40. The summed E-state index contributed by atoms with van der Waals surface area (Å²) >= 11 is 0. The summed E-state index contributed by atoms with van der Waals surface area (Å²) in [5.74, 6) is -0.437. The summed E-state index contributed by atoms with van der Waals surface area (Å²) in [4.78, 5) is 14.5. The van der Waals surface area contributed by atoms with E-state index in [9.17, 15) is 4.79 Å². The highest BCUT2D eigenvalue weighted by molar-refractivity contribution is 5.83. The first-order valence-electron chi connectivity index (χ1n) is 5.48. The van der Waals surface area contributed by atoms with Crippen molar-refractivity contribution < 1.29 is 28.6 Å². The van der Waals surface area contributed by atoms with Crippen LogP contribution in [-0.4, -0.2) is 42.5 Å². The number of rotatable bonds is 5. The Morgan fingerprint density at radius 1 is 1.15 bits per heavy atom. The zero-order chi connectivity index (χ0) is 14.7. The molecule has 0 aliphatic rings. The number of benzene rings is 1. The van der Waals surface area contributed by atoms with E-state index in [1.165, 1.54) is 21.3 Å². The highest BCUT2D eigenvalue weighted by Gasteiger charge is 2.19. The Labute approximate surface area is 113 Å². The van der Waals surface area contributed by atoms with Crippen LogP contribution in [0.3, 0.4) is 0 Å². The van der Waals surface area contributed by atoms with E-state index in [4.69, 9.17) is 23.8 Å². The summed E-state index contributed by atoms with van der Waals surface area (Å²) in [5.41, 5.74) is 0.458. The Kier molecular flexibility index (Phi) is 3.74. The molecule has 1 aromatic heterocycles. The molecule has 0 amide bonds. The molecule has 20 heavy (non-hydrogen) atoms. The van der Waals surface area contributed by atoms with Gasteiger partial charge in [-0.2, -0.15) is 4.98 Å². The Bertz CT molecular complexity index is 612. The van der Waals surface area contributed by atoms with Crippen molar-refractivity contribution in [3.63, 3.8) is 0 Å². The van der Waals surface area contributed by atoms with Gasteiger partial charge in [0.05, 0.1) is 21.3 Å². The average Bonchev–Trinajstić information content (AvgIpc) is 2.95. The number of carboxylic acids is 1. The molecule has 0 aliphatic carbocycles. The van der Waals surface area contributed by atoms with E-state index >= 15 is 0 Å². The lowest BCUT2D eigenvalue weighted by atomic mass is 10.2. The van der Waals surface area contributed by atoms with Gasteiger partial charge >= 0.3 is 5.97 Å². The monoisotopic (exact) mass is 280 g/mol. The minimum atomic E-state index is -1.27. The van der Waals surface area contributed by atoms with E-state index in [2.05, 4.69) is 10.1 Å². The zero-order valence-corrected chi connectivity index (χ0v) is 11.0. The molecule has 8 heteroatoms. The van der Waals surface area contributed by atoms with Crippen LogP contribution in [0.15, 0.2) is 16.7 Å². The van der Waals surface area contributed by atoms with Crippen molar-refractivity contribution in [3.8, 4) is 28.7 Å². The number of carboxylic acid groups (broad SMARTS) is 1. The van der Waals surface area contributed by atoms with Gasteiger partial charge in [0.15, 0.2) is 11.5 Å². The van der Waals surface area contributed by atoms with Gasteiger partial charge in [-0.3, -0.25) is 0 Å². The lowest BCUT2D eigenvalue weighted by Gasteiger charge is -2.12. The standard InChI is InChI=1S/C12H12N2O6/c1-17-7-4-6(5-8(18-2)9(7)19-3)11-13-10(12(15)16)14-20-11/h4-5H,1-3H3,(H,15,16). The number of hydrogen-bond acceptors (Lipinski definition) is 7. The average molecular weight is 280 g/mol. The van der Waals surface area contributed by atoms with Crippen LogP contribution in [0.25, 0.3) is 11.5 Å². The van der Waals surface area contributed by atoms with Crippen molar-refractivity contribution in [3.05, 3.63) is 18.0 Å². The van der Waals surface area contributed by atoms with Crippen LogP contribution in [0.4, 0.5) is 0 Å². The van der Waals surface area contributed by atoms with Gasteiger partial charge in [-0.15, -0.1) is 0 Å². The number of ether oxygens (including phenoxy) is 3. The van der Waals surface area contributed by atoms with E-state index < -0.39 is 11.8 Å². The Hall–Kier alpha value is -2.77. The number of hydrogen-bond donors (Lipinski definition) is 1. The van der Waals surface area contributed by atoms with Crippen LogP contribution in [0.5, 0.6) is 17.2 Å². The zero-order valence-electron chi connectivity index (χ0n) is 11.0. The van der Waals surface area contributed by atoms with Gasteiger partial charge in [-0.1, -0.05) is 0 Å². The molecule has 1 aromatic carbocycles. The topological polar surface area (TPSA) is 104 Å². The fourth-order valence-electron chi connectivity index (χ4n) is 1.63. The van der Waals surface area contributed by atoms with Crippen molar-refractivity contribution >= 4 is 5.97 Å². The second-order valence-electron chi connectivity index (χ2n) is 3.64. The maximum atomic E-state index is 10.7. The Morgan fingerprint density at radius 3 is 2.15 bits per heavy atom. The molecule has 1 heterocycles. The number of aromatic nitrogens is 2. The first-order valence-corrected chi connectivity index (χ1v) is 5.48. The molecule has 1 N–H and O–H groups in total. The van der Waals surface area contributed by atoms with Crippen molar-refractivity contribution in [1.82, 2.24) is 10.1 Å². The fraction of sp³-hybridized carbons (Fsp3) is 0.250. The molecule has 0 fully saturated rings. The fourth-order valence-corrected chi connectivity index (χ4v) is 1.63. The lowest BCUT2D eigenvalue weighted by molar-refractivity contribution is 0.0680. The molecule has 106 valence electrons. The van der Waals surface area contributed by atoms with Crippen LogP contribution in [0.2, 0.25) is 0 Å². The number of methoxy groups -OCH3 is 3. The van der Waals surface area contributed by atoms with E-state index in [1.807, 2.05) is 0 Å². The molecule has 0 bridgehead atoms. The van der Waals surface area contributed by atoms with Crippen LogP contribution in [0.1, 0.15) is 10.6 Å². The number of aromatic carboxylic acids is 1. The quantitative estimate of drug-likeness (QED) is 0.877. The van der Waals surface area contributed by atoms with Gasteiger partial charge in [-0.25, -0.2) is 4.79 Å². The van der Waals surface area contributed by atoms with E-state index in [-0.39, 0.29) is 5.89 Å². The first kappa shape index (κ1) is 13.7. The van der Waals surface area contributed by atoms with E-state index in [1.54, 1.807) is 12.1 Å². The summed E-state index contributed by atoms with van der Waals surface area (Å²) in [6.07, 6.45) is 0. The minimum absolute atomic E-state index is 0.0432. The number of carbonyl (C=O) groups is 1. The summed E-state index contributed by atoms with van der Waals surface area (Å²) in [5, 5.41) is 12.1. The smallest absolute Gasteiger partial charge is 0.377 e. The van der Waals surface area contributed by atoms with Gasteiger partial charge in [0.25, 0.3) is 11.7 Å². The number of nitrogens with zero attached hydrogens (tertiary/aromatic N) is 2. The predicted octanol–water partition coefficient (Wildman–Crippen LogP) is 1.46. The van der Waals surface area contributed by atoms with Gasteiger partial charge in [0.1, 0.15) is 0 Å². The molecule has 8 nitrogen and oxygen atoms in total. The minimum Gasteiger partial charge on any atom is -0.493 e. The third-order valence-corrected chi connectivity index (χ3v) is 2.53. The second kappa shape index (κ2) is 5.47. The maximum Gasteiger partial charge on any atom is 0.377 e. The Morgan fingerprint density at radius 2 is 1.75 bits per heavy atom. The second-order valence-corrected chi connectivity index (χ2v) is 3.64. The van der Waals surface area contributed by atoms with Gasteiger partial charge in [0, 0.05) is 5.56 Å². The molecule has 0 saturated heterocycles. The highest BCUT2D eigenvalue weighted by atomic mass is 16.5. The van der Waals surface area contributed by atoms with Gasteiger partial charge in [0.2, 0.25) is 5.75 Å². The third kappa shape index (κ3) is 2.35. The maximum absolute atomic E-state index is 10.7.